The fourth-order valence-electron chi connectivity index (χ4n) is 4.05. The van der Waals surface area contributed by atoms with E-state index in [2.05, 4.69) is 28.5 Å². The minimum absolute atomic E-state index is 0.348. The molecular formula is C27H25N3O3S. The maximum Gasteiger partial charge on any atom is 0.330 e. The second-order valence-corrected chi connectivity index (χ2v) is 8.77. The first-order chi connectivity index (χ1) is 16.7. The van der Waals surface area contributed by atoms with Crippen LogP contribution in [0.2, 0.25) is 0 Å². The number of carbonyl (C=O) groups excluding carboxylic acids is 1. The first-order valence-electron chi connectivity index (χ1n) is 11.4. The molecule has 172 valence electrons. The lowest BCUT2D eigenvalue weighted by atomic mass is 9.97. The number of benzene rings is 2. The van der Waals surface area contributed by atoms with Crippen molar-refractivity contribution in [2.45, 2.75) is 6.92 Å². The lowest BCUT2D eigenvalue weighted by Gasteiger charge is -2.28. The number of thiophene rings is 1. The van der Waals surface area contributed by atoms with Gasteiger partial charge in [0.2, 0.25) is 0 Å². The van der Waals surface area contributed by atoms with Crippen LogP contribution in [0.4, 0.5) is 5.82 Å². The van der Waals surface area contributed by atoms with Gasteiger partial charge in [-0.15, -0.1) is 11.3 Å². The van der Waals surface area contributed by atoms with Crippen LogP contribution in [0, 0.1) is 0 Å². The molecule has 3 heterocycles. The van der Waals surface area contributed by atoms with Gasteiger partial charge in [-0.3, -0.25) is 0 Å². The van der Waals surface area contributed by atoms with Crippen LogP contribution in [0.3, 0.4) is 0 Å². The molecule has 0 unspecified atom stereocenters. The van der Waals surface area contributed by atoms with Crippen molar-refractivity contribution in [1.29, 1.82) is 0 Å². The highest BCUT2D eigenvalue weighted by Crippen LogP contribution is 2.33. The van der Waals surface area contributed by atoms with Gasteiger partial charge in [0.05, 0.1) is 30.0 Å². The molecule has 2 aromatic carbocycles. The van der Waals surface area contributed by atoms with Crippen molar-refractivity contribution in [2.24, 2.45) is 0 Å². The fraction of sp³-hybridized carbons (Fsp3) is 0.222. The minimum Gasteiger partial charge on any atom is -0.463 e. The number of anilines is 1. The lowest BCUT2D eigenvalue weighted by Crippen LogP contribution is -2.36. The summed E-state index contributed by atoms with van der Waals surface area (Å²) < 4.78 is 11.7. The number of hydrogen-bond acceptors (Lipinski definition) is 7. The number of carbonyl (C=O) groups is 1. The zero-order valence-corrected chi connectivity index (χ0v) is 19.8. The third-order valence-electron chi connectivity index (χ3n) is 5.67. The molecule has 5 rings (SSSR count). The lowest BCUT2D eigenvalue weighted by molar-refractivity contribution is -0.137. The van der Waals surface area contributed by atoms with Gasteiger partial charge in [0.25, 0.3) is 0 Å². The molecule has 4 aromatic rings. The average Bonchev–Trinajstić information content (AvgIpc) is 3.37. The Balaban J connectivity index is 1.53. The highest BCUT2D eigenvalue weighted by Gasteiger charge is 2.19. The zero-order chi connectivity index (χ0) is 23.3. The molecule has 2 aromatic heterocycles. The molecule has 0 radical (unpaired) electrons. The quantitative estimate of drug-likeness (QED) is 0.276. The Bertz CT molecular complexity index is 1340. The number of rotatable bonds is 6. The van der Waals surface area contributed by atoms with Crippen LogP contribution < -0.4 is 4.90 Å². The summed E-state index contributed by atoms with van der Waals surface area (Å²) in [7, 11) is 0. The van der Waals surface area contributed by atoms with Gasteiger partial charge in [-0.2, -0.15) is 0 Å². The minimum atomic E-state index is -0.348. The Hall–Kier alpha value is -3.55. The Morgan fingerprint density at radius 2 is 1.91 bits per heavy atom. The molecule has 1 aliphatic rings. The van der Waals surface area contributed by atoms with Gasteiger partial charge >= 0.3 is 5.97 Å². The standard InChI is InChI=1S/C27H25N3O3S/c1-2-33-24(31)11-10-19-6-3-4-9-22(19)20-7-5-8-21(18-20)26-28-23-12-17-34-25(23)27(29-26)30-13-15-32-16-14-30/h3-12,17-18H,2,13-16H2,1H3/b11-10+. The SMILES string of the molecule is CCOC(=O)/C=C/c1ccccc1-c1cccc(-c2nc(N3CCOCC3)c3sccc3n2)c1. The Labute approximate surface area is 202 Å². The van der Waals surface area contributed by atoms with Gasteiger partial charge in [-0.25, -0.2) is 14.8 Å². The molecule has 0 atom stereocenters. The van der Waals surface area contributed by atoms with E-state index in [1.165, 1.54) is 6.08 Å². The number of morpholine rings is 1. The van der Waals surface area contributed by atoms with E-state index in [-0.39, 0.29) is 5.97 Å². The molecule has 0 aliphatic carbocycles. The van der Waals surface area contributed by atoms with Crippen molar-refractivity contribution in [3.8, 4) is 22.5 Å². The zero-order valence-electron chi connectivity index (χ0n) is 18.9. The molecule has 1 aliphatic heterocycles. The second kappa shape index (κ2) is 10.2. The maximum atomic E-state index is 11.8. The molecule has 0 saturated carbocycles. The first-order valence-corrected chi connectivity index (χ1v) is 12.2. The normalized spacial score (nSPS) is 14.1. The summed E-state index contributed by atoms with van der Waals surface area (Å²) in [5.41, 5.74) is 4.90. The van der Waals surface area contributed by atoms with Crippen LogP contribution >= 0.6 is 11.3 Å². The van der Waals surface area contributed by atoms with Gasteiger partial charge < -0.3 is 14.4 Å². The first kappa shape index (κ1) is 22.3. The van der Waals surface area contributed by atoms with Crippen LogP contribution in [0.15, 0.2) is 66.1 Å². The summed E-state index contributed by atoms with van der Waals surface area (Å²) in [6.45, 7) is 5.21. The summed E-state index contributed by atoms with van der Waals surface area (Å²) in [6.07, 6.45) is 3.26. The maximum absolute atomic E-state index is 11.8. The summed E-state index contributed by atoms with van der Waals surface area (Å²) in [4.78, 5) is 24.0. The van der Waals surface area contributed by atoms with Crippen LogP contribution in [-0.2, 0) is 14.3 Å². The molecule has 7 heteroatoms. The summed E-state index contributed by atoms with van der Waals surface area (Å²) in [6, 6.07) is 18.3. The van der Waals surface area contributed by atoms with Gasteiger partial charge in [0.15, 0.2) is 11.6 Å². The molecule has 0 N–H and O–H groups in total. The van der Waals surface area contributed by atoms with E-state index >= 15 is 0 Å². The van der Waals surface area contributed by atoms with Crippen molar-refractivity contribution in [3.63, 3.8) is 0 Å². The third-order valence-corrected chi connectivity index (χ3v) is 6.57. The van der Waals surface area contributed by atoms with E-state index in [0.717, 1.165) is 51.4 Å². The van der Waals surface area contributed by atoms with Crippen molar-refractivity contribution in [3.05, 3.63) is 71.6 Å². The van der Waals surface area contributed by atoms with Crippen LogP contribution in [0.1, 0.15) is 12.5 Å². The van der Waals surface area contributed by atoms with Gasteiger partial charge in [-0.05, 0) is 47.2 Å². The average molecular weight is 472 g/mol. The van der Waals surface area contributed by atoms with Crippen molar-refractivity contribution in [2.75, 3.05) is 37.8 Å². The van der Waals surface area contributed by atoms with Gasteiger partial charge in [0, 0.05) is 24.7 Å². The van der Waals surface area contributed by atoms with E-state index in [9.17, 15) is 4.79 Å². The van der Waals surface area contributed by atoms with E-state index < -0.39 is 0 Å². The predicted molar refractivity (Wildman–Crippen MR) is 137 cm³/mol. The molecule has 1 fully saturated rings. The van der Waals surface area contributed by atoms with Crippen molar-refractivity contribution in [1.82, 2.24) is 9.97 Å². The van der Waals surface area contributed by atoms with E-state index in [1.54, 1.807) is 24.3 Å². The number of aromatic nitrogens is 2. The number of hydrogen-bond donors (Lipinski definition) is 0. The Kier molecular flexibility index (Phi) is 6.65. The molecular weight excluding hydrogens is 446 g/mol. The van der Waals surface area contributed by atoms with Crippen molar-refractivity contribution < 1.29 is 14.3 Å². The van der Waals surface area contributed by atoms with Crippen LogP contribution in [-0.4, -0.2) is 48.8 Å². The molecule has 0 spiro atoms. The number of nitrogens with zero attached hydrogens (tertiary/aromatic N) is 3. The number of esters is 1. The monoisotopic (exact) mass is 471 g/mol. The van der Waals surface area contributed by atoms with Gasteiger partial charge in [0.1, 0.15) is 0 Å². The Morgan fingerprint density at radius 1 is 1.09 bits per heavy atom. The topological polar surface area (TPSA) is 64.5 Å². The van der Waals surface area contributed by atoms with Gasteiger partial charge in [-0.1, -0.05) is 42.5 Å². The van der Waals surface area contributed by atoms with E-state index in [0.29, 0.717) is 25.6 Å². The molecule has 34 heavy (non-hydrogen) atoms. The van der Waals surface area contributed by atoms with Crippen molar-refractivity contribution >= 4 is 39.4 Å². The molecule has 0 amide bonds. The molecule has 1 saturated heterocycles. The summed E-state index contributed by atoms with van der Waals surface area (Å²) in [5, 5.41) is 2.07. The predicted octanol–water partition coefficient (Wildman–Crippen LogP) is 5.44. The highest BCUT2D eigenvalue weighted by atomic mass is 32.1. The highest BCUT2D eigenvalue weighted by molar-refractivity contribution is 7.17. The number of fused-ring (bicyclic) bond motifs is 1. The second-order valence-electron chi connectivity index (χ2n) is 7.86. The Morgan fingerprint density at radius 3 is 2.76 bits per heavy atom. The fourth-order valence-corrected chi connectivity index (χ4v) is 4.89. The smallest absolute Gasteiger partial charge is 0.330 e. The largest absolute Gasteiger partial charge is 0.463 e. The molecule has 6 nitrogen and oxygen atoms in total. The molecule has 0 bridgehead atoms. The van der Waals surface area contributed by atoms with Crippen LogP contribution in [0.5, 0.6) is 0 Å². The van der Waals surface area contributed by atoms with E-state index in [4.69, 9.17) is 19.4 Å². The van der Waals surface area contributed by atoms with Crippen LogP contribution in [0.25, 0.3) is 38.8 Å². The van der Waals surface area contributed by atoms with E-state index in [1.807, 2.05) is 36.4 Å². The summed E-state index contributed by atoms with van der Waals surface area (Å²) >= 11 is 1.67. The number of ether oxygens (including phenoxy) is 2. The summed E-state index contributed by atoms with van der Waals surface area (Å²) in [5.74, 6) is 1.33. The third kappa shape index (κ3) is 4.71.